The van der Waals surface area contributed by atoms with Gasteiger partial charge in [0.2, 0.25) is 0 Å². The SMILES string of the molecule is CCNC(=NCc1nc(C(F)(F)F)cs1)NC(C)c1ccc(CC)cc1.I. The second-order valence-electron chi connectivity index (χ2n) is 5.78. The lowest BCUT2D eigenvalue weighted by Crippen LogP contribution is -2.38. The molecule has 0 saturated heterocycles. The number of aromatic nitrogens is 1. The van der Waals surface area contributed by atoms with Crippen molar-refractivity contribution < 1.29 is 13.2 Å². The Morgan fingerprint density at radius 1 is 1.22 bits per heavy atom. The van der Waals surface area contributed by atoms with E-state index in [0.29, 0.717) is 17.5 Å². The van der Waals surface area contributed by atoms with Crippen LogP contribution in [0.3, 0.4) is 0 Å². The normalized spacial score (nSPS) is 13.0. The fraction of sp³-hybridized carbons (Fsp3) is 0.444. The van der Waals surface area contributed by atoms with Crippen molar-refractivity contribution in [3.05, 3.63) is 51.5 Å². The topological polar surface area (TPSA) is 49.3 Å². The van der Waals surface area contributed by atoms with Gasteiger partial charge < -0.3 is 10.6 Å². The Morgan fingerprint density at radius 2 is 1.89 bits per heavy atom. The van der Waals surface area contributed by atoms with Crippen molar-refractivity contribution in [2.45, 2.75) is 46.0 Å². The Morgan fingerprint density at radius 3 is 2.41 bits per heavy atom. The molecule has 1 aromatic carbocycles. The van der Waals surface area contributed by atoms with E-state index in [0.717, 1.165) is 28.7 Å². The van der Waals surface area contributed by atoms with Gasteiger partial charge in [-0.2, -0.15) is 13.2 Å². The first-order valence-corrected chi connectivity index (χ1v) is 9.36. The van der Waals surface area contributed by atoms with Gasteiger partial charge in [-0.05, 0) is 31.4 Å². The summed E-state index contributed by atoms with van der Waals surface area (Å²) in [5, 5.41) is 7.72. The number of nitrogens with zero attached hydrogens (tertiary/aromatic N) is 2. The van der Waals surface area contributed by atoms with E-state index < -0.39 is 11.9 Å². The van der Waals surface area contributed by atoms with Crippen molar-refractivity contribution in [1.29, 1.82) is 0 Å². The second-order valence-corrected chi connectivity index (χ2v) is 6.72. The second kappa shape index (κ2) is 10.8. The van der Waals surface area contributed by atoms with E-state index in [1.165, 1.54) is 5.56 Å². The van der Waals surface area contributed by atoms with Crippen LogP contribution in [0.2, 0.25) is 0 Å². The summed E-state index contributed by atoms with van der Waals surface area (Å²) >= 11 is 0.962. The van der Waals surface area contributed by atoms with Crippen LogP contribution in [0.5, 0.6) is 0 Å². The number of hydrogen-bond donors (Lipinski definition) is 2. The summed E-state index contributed by atoms with van der Waals surface area (Å²) in [5.41, 5.74) is 1.52. The Labute approximate surface area is 178 Å². The quantitative estimate of drug-likeness (QED) is 0.320. The van der Waals surface area contributed by atoms with Crippen LogP contribution in [0, 0.1) is 0 Å². The van der Waals surface area contributed by atoms with Gasteiger partial charge in [0.15, 0.2) is 11.7 Å². The highest BCUT2D eigenvalue weighted by Crippen LogP contribution is 2.30. The minimum atomic E-state index is -4.42. The van der Waals surface area contributed by atoms with Gasteiger partial charge in [-0.3, -0.25) is 0 Å². The largest absolute Gasteiger partial charge is 0.434 e. The number of alkyl halides is 3. The predicted octanol–water partition coefficient (Wildman–Crippen LogP) is 5.16. The van der Waals surface area contributed by atoms with Gasteiger partial charge in [-0.25, -0.2) is 9.98 Å². The van der Waals surface area contributed by atoms with Crippen LogP contribution in [0.25, 0.3) is 0 Å². The van der Waals surface area contributed by atoms with E-state index in [9.17, 15) is 13.2 Å². The molecule has 1 aromatic heterocycles. The van der Waals surface area contributed by atoms with E-state index in [1.54, 1.807) is 0 Å². The number of aliphatic imine (C=N–C) groups is 1. The van der Waals surface area contributed by atoms with E-state index in [1.807, 2.05) is 13.8 Å². The Bertz CT molecular complexity index is 729. The van der Waals surface area contributed by atoms with Gasteiger partial charge in [0.25, 0.3) is 0 Å². The summed E-state index contributed by atoms with van der Waals surface area (Å²) in [6, 6.07) is 8.32. The first kappa shape index (κ1) is 23.7. The maximum atomic E-state index is 12.6. The molecule has 0 fully saturated rings. The molecule has 4 nitrogen and oxygen atoms in total. The molecular formula is C18H24F3IN4S. The van der Waals surface area contributed by atoms with E-state index in [2.05, 4.69) is 51.8 Å². The maximum Gasteiger partial charge on any atom is 0.434 e. The third-order valence-electron chi connectivity index (χ3n) is 3.80. The number of aryl methyl sites for hydroxylation is 1. The lowest BCUT2D eigenvalue weighted by molar-refractivity contribution is -0.140. The number of hydrogen-bond acceptors (Lipinski definition) is 3. The van der Waals surface area contributed by atoms with Crippen molar-refractivity contribution in [2.24, 2.45) is 4.99 Å². The lowest BCUT2D eigenvalue weighted by atomic mass is 10.1. The summed E-state index contributed by atoms with van der Waals surface area (Å²) in [6.07, 6.45) is -3.43. The van der Waals surface area contributed by atoms with E-state index >= 15 is 0 Å². The number of halogens is 4. The van der Waals surface area contributed by atoms with Gasteiger partial charge in [0.05, 0.1) is 12.6 Å². The first-order valence-electron chi connectivity index (χ1n) is 8.48. The minimum absolute atomic E-state index is 0. The summed E-state index contributed by atoms with van der Waals surface area (Å²) < 4.78 is 37.9. The summed E-state index contributed by atoms with van der Waals surface area (Å²) in [5.74, 6) is 0.545. The van der Waals surface area contributed by atoms with Crippen molar-refractivity contribution in [1.82, 2.24) is 15.6 Å². The maximum absolute atomic E-state index is 12.6. The Kier molecular flexibility index (Phi) is 9.51. The Hall–Kier alpha value is -1.36. The molecule has 9 heteroatoms. The van der Waals surface area contributed by atoms with E-state index in [-0.39, 0.29) is 36.6 Å². The average Bonchev–Trinajstić information content (AvgIpc) is 3.09. The molecule has 1 unspecified atom stereocenters. The molecule has 27 heavy (non-hydrogen) atoms. The van der Waals surface area contributed by atoms with Crippen LogP contribution in [0.15, 0.2) is 34.6 Å². The van der Waals surface area contributed by atoms with Crippen LogP contribution in [0.1, 0.15) is 48.6 Å². The number of nitrogens with one attached hydrogen (secondary N) is 2. The highest BCUT2D eigenvalue weighted by molar-refractivity contribution is 14.0. The number of thiazole rings is 1. The molecule has 0 aliphatic rings. The van der Waals surface area contributed by atoms with Gasteiger partial charge in [0.1, 0.15) is 5.01 Å². The molecule has 0 aliphatic carbocycles. The van der Waals surface area contributed by atoms with Gasteiger partial charge in [-0.1, -0.05) is 31.2 Å². The van der Waals surface area contributed by atoms with Crippen molar-refractivity contribution in [3.63, 3.8) is 0 Å². The number of rotatable bonds is 6. The van der Waals surface area contributed by atoms with Crippen molar-refractivity contribution >= 4 is 41.3 Å². The van der Waals surface area contributed by atoms with Crippen LogP contribution >= 0.6 is 35.3 Å². The van der Waals surface area contributed by atoms with Crippen molar-refractivity contribution in [3.8, 4) is 0 Å². The minimum Gasteiger partial charge on any atom is -0.357 e. The molecule has 2 aromatic rings. The molecule has 1 atom stereocenters. The van der Waals surface area contributed by atoms with Crippen molar-refractivity contribution in [2.75, 3.05) is 6.54 Å². The molecule has 0 amide bonds. The zero-order valence-corrected chi connectivity index (χ0v) is 18.6. The molecule has 0 bridgehead atoms. The summed E-state index contributed by atoms with van der Waals surface area (Å²) in [7, 11) is 0. The zero-order valence-electron chi connectivity index (χ0n) is 15.4. The molecule has 150 valence electrons. The monoisotopic (exact) mass is 512 g/mol. The summed E-state index contributed by atoms with van der Waals surface area (Å²) in [4.78, 5) is 7.95. The van der Waals surface area contributed by atoms with Gasteiger partial charge in [0, 0.05) is 11.9 Å². The van der Waals surface area contributed by atoms with E-state index in [4.69, 9.17) is 0 Å². The highest BCUT2D eigenvalue weighted by atomic mass is 127. The number of guanidine groups is 1. The van der Waals surface area contributed by atoms with Gasteiger partial charge >= 0.3 is 6.18 Å². The third kappa shape index (κ3) is 7.28. The molecular weight excluding hydrogens is 488 g/mol. The molecule has 0 saturated carbocycles. The molecule has 0 radical (unpaired) electrons. The summed E-state index contributed by atoms with van der Waals surface area (Å²) in [6.45, 7) is 6.80. The fourth-order valence-corrected chi connectivity index (χ4v) is 3.03. The van der Waals surface area contributed by atoms with Crippen LogP contribution in [-0.4, -0.2) is 17.5 Å². The van der Waals surface area contributed by atoms with Gasteiger partial charge in [-0.15, -0.1) is 35.3 Å². The molecule has 2 rings (SSSR count). The smallest absolute Gasteiger partial charge is 0.357 e. The fourth-order valence-electron chi connectivity index (χ4n) is 2.31. The highest BCUT2D eigenvalue weighted by Gasteiger charge is 2.33. The van der Waals surface area contributed by atoms with Crippen LogP contribution < -0.4 is 10.6 Å². The lowest BCUT2D eigenvalue weighted by Gasteiger charge is -2.18. The number of benzene rings is 1. The first-order chi connectivity index (χ1) is 12.3. The average molecular weight is 512 g/mol. The van der Waals surface area contributed by atoms with Crippen LogP contribution in [-0.2, 0) is 19.1 Å². The van der Waals surface area contributed by atoms with Crippen LogP contribution in [0.4, 0.5) is 13.2 Å². The molecule has 1 heterocycles. The predicted molar refractivity (Wildman–Crippen MR) is 115 cm³/mol. The molecule has 0 aliphatic heterocycles. The Balaban J connectivity index is 0.00000364. The zero-order chi connectivity index (χ0) is 19.2. The standard InChI is InChI=1S/C18H23F3N4S.HI/c1-4-13-6-8-14(9-7-13)12(3)24-17(22-5-2)23-10-16-25-15(11-26-16)18(19,20)21;/h6-9,11-12H,4-5,10H2,1-3H3,(H2,22,23,24);1H. The molecule has 0 spiro atoms. The third-order valence-corrected chi connectivity index (χ3v) is 4.63. The molecule has 2 N–H and O–H groups in total.